The summed E-state index contributed by atoms with van der Waals surface area (Å²) in [6, 6.07) is 10.6. The van der Waals surface area contributed by atoms with Gasteiger partial charge in [-0.1, -0.05) is 24.3 Å². The number of carbonyl (C=O) groups excluding carboxylic acids is 1. The third-order valence-electron chi connectivity index (χ3n) is 3.97. The number of nitrogens with zero attached hydrogens (tertiary/aromatic N) is 1. The highest BCUT2D eigenvalue weighted by Crippen LogP contribution is 2.29. The summed E-state index contributed by atoms with van der Waals surface area (Å²) >= 11 is 0. The van der Waals surface area contributed by atoms with Crippen LogP contribution < -0.4 is 5.32 Å². The second-order valence-electron chi connectivity index (χ2n) is 6.24. The van der Waals surface area contributed by atoms with Gasteiger partial charge < -0.3 is 10.2 Å². The SMILES string of the molecule is CN(C)C(CNC(=O)/C=C/c1cccc(C(F)(F)F)c1)c1cccc(F)c1. The third-order valence-corrected chi connectivity index (χ3v) is 3.97. The molecule has 0 bridgehead atoms. The van der Waals surface area contributed by atoms with Crippen molar-refractivity contribution < 1.29 is 22.4 Å². The van der Waals surface area contributed by atoms with Crippen LogP contribution >= 0.6 is 0 Å². The van der Waals surface area contributed by atoms with Crippen molar-refractivity contribution in [1.82, 2.24) is 10.2 Å². The Morgan fingerprint density at radius 2 is 1.85 bits per heavy atom. The number of halogens is 4. The van der Waals surface area contributed by atoms with Crippen LogP contribution in [-0.4, -0.2) is 31.4 Å². The van der Waals surface area contributed by atoms with Crippen molar-refractivity contribution in [3.63, 3.8) is 0 Å². The van der Waals surface area contributed by atoms with Gasteiger partial charge in [-0.05, 0) is 55.6 Å². The number of amides is 1. The summed E-state index contributed by atoms with van der Waals surface area (Å²) in [7, 11) is 3.61. The lowest BCUT2D eigenvalue weighted by atomic mass is 10.1. The Balaban J connectivity index is 2.01. The first-order valence-electron chi connectivity index (χ1n) is 8.22. The molecular formula is C20H20F4N2O. The monoisotopic (exact) mass is 380 g/mol. The Hall–Kier alpha value is -2.67. The fraction of sp³-hybridized carbons (Fsp3) is 0.250. The van der Waals surface area contributed by atoms with E-state index in [1.807, 2.05) is 4.90 Å². The van der Waals surface area contributed by atoms with Crippen LogP contribution in [0.15, 0.2) is 54.6 Å². The van der Waals surface area contributed by atoms with Crippen molar-refractivity contribution in [3.8, 4) is 0 Å². The van der Waals surface area contributed by atoms with E-state index in [0.29, 0.717) is 5.56 Å². The quantitative estimate of drug-likeness (QED) is 0.599. The summed E-state index contributed by atoms with van der Waals surface area (Å²) in [6.07, 6.45) is -1.94. The van der Waals surface area contributed by atoms with E-state index in [1.54, 1.807) is 26.2 Å². The summed E-state index contributed by atoms with van der Waals surface area (Å²) in [5.74, 6) is -0.814. The average molecular weight is 380 g/mol. The minimum atomic E-state index is -4.43. The molecule has 0 spiro atoms. The van der Waals surface area contributed by atoms with E-state index in [4.69, 9.17) is 0 Å². The highest BCUT2D eigenvalue weighted by molar-refractivity contribution is 5.91. The standard InChI is InChI=1S/C20H20F4N2O/c1-26(2)18(15-6-4-8-17(21)12-15)13-25-19(27)10-9-14-5-3-7-16(11-14)20(22,23)24/h3-12,18H,13H2,1-2H3,(H,25,27)/b10-9+. The van der Waals surface area contributed by atoms with Crippen LogP contribution in [0.4, 0.5) is 17.6 Å². The predicted octanol–water partition coefficient (Wildman–Crippen LogP) is 4.28. The molecule has 2 aromatic carbocycles. The maximum absolute atomic E-state index is 13.4. The smallest absolute Gasteiger partial charge is 0.351 e. The molecule has 27 heavy (non-hydrogen) atoms. The minimum absolute atomic E-state index is 0.224. The highest BCUT2D eigenvalue weighted by Gasteiger charge is 2.30. The summed E-state index contributed by atoms with van der Waals surface area (Å²) in [4.78, 5) is 13.8. The summed E-state index contributed by atoms with van der Waals surface area (Å²) in [5, 5.41) is 2.69. The molecule has 0 aliphatic carbocycles. The molecule has 1 amide bonds. The summed E-state index contributed by atoms with van der Waals surface area (Å²) in [5.41, 5.74) is 0.209. The molecule has 0 aliphatic rings. The number of rotatable bonds is 6. The van der Waals surface area contributed by atoms with Crippen LogP contribution in [0.1, 0.15) is 22.7 Å². The molecule has 0 fully saturated rings. The van der Waals surface area contributed by atoms with Gasteiger partial charge in [-0.25, -0.2) is 4.39 Å². The lowest BCUT2D eigenvalue weighted by Crippen LogP contribution is -2.33. The average Bonchev–Trinajstić information content (AvgIpc) is 2.59. The fourth-order valence-corrected chi connectivity index (χ4v) is 2.56. The number of hydrogen-bond donors (Lipinski definition) is 1. The van der Waals surface area contributed by atoms with E-state index >= 15 is 0 Å². The molecule has 144 valence electrons. The second kappa shape index (κ2) is 8.81. The Bertz CT molecular complexity index is 816. The van der Waals surface area contributed by atoms with Crippen molar-refractivity contribution in [2.75, 3.05) is 20.6 Å². The number of benzene rings is 2. The molecule has 3 nitrogen and oxygen atoms in total. The minimum Gasteiger partial charge on any atom is -0.351 e. The molecule has 0 aromatic heterocycles. The molecule has 0 aliphatic heterocycles. The lowest BCUT2D eigenvalue weighted by Gasteiger charge is -2.24. The number of carbonyl (C=O) groups is 1. The first kappa shape index (κ1) is 20.6. The molecular weight excluding hydrogens is 360 g/mol. The largest absolute Gasteiger partial charge is 0.416 e. The van der Waals surface area contributed by atoms with E-state index in [1.165, 1.54) is 36.4 Å². The molecule has 1 atom stereocenters. The van der Waals surface area contributed by atoms with Crippen LogP contribution in [0.3, 0.4) is 0 Å². The van der Waals surface area contributed by atoms with Gasteiger partial charge in [-0.2, -0.15) is 13.2 Å². The number of alkyl halides is 3. The van der Waals surface area contributed by atoms with E-state index in [2.05, 4.69) is 5.32 Å². The molecule has 0 saturated carbocycles. The van der Waals surface area contributed by atoms with Gasteiger partial charge in [0.2, 0.25) is 5.91 Å². The van der Waals surface area contributed by atoms with Gasteiger partial charge in [0.15, 0.2) is 0 Å². The van der Waals surface area contributed by atoms with Crippen molar-refractivity contribution in [1.29, 1.82) is 0 Å². The van der Waals surface area contributed by atoms with Crippen LogP contribution in [0.25, 0.3) is 6.08 Å². The van der Waals surface area contributed by atoms with E-state index < -0.39 is 17.6 Å². The normalized spacial score (nSPS) is 13.1. The lowest BCUT2D eigenvalue weighted by molar-refractivity contribution is -0.137. The van der Waals surface area contributed by atoms with Crippen molar-refractivity contribution in [2.45, 2.75) is 12.2 Å². The molecule has 2 aromatic rings. The molecule has 2 rings (SSSR count). The molecule has 0 radical (unpaired) electrons. The first-order chi connectivity index (χ1) is 12.7. The van der Waals surface area contributed by atoms with E-state index in [-0.39, 0.29) is 24.0 Å². The molecule has 1 unspecified atom stereocenters. The zero-order valence-corrected chi connectivity index (χ0v) is 14.9. The van der Waals surface area contributed by atoms with Gasteiger partial charge in [0.05, 0.1) is 11.6 Å². The van der Waals surface area contributed by atoms with Crippen molar-refractivity contribution in [2.24, 2.45) is 0 Å². The number of hydrogen-bond acceptors (Lipinski definition) is 2. The zero-order valence-electron chi connectivity index (χ0n) is 14.9. The maximum Gasteiger partial charge on any atom is 0.416 e. The van der Waals surface area contributed by atoms with Gasteiger partial charge in [0.25, 0.3) is 0 Å². The van der Waals surface area contributed by atoms with Crippen molar-refractivity contribution >= 4 is 12.0 Å². The number of nitrogens with one attached hydrogen (secondary N) is 1. The topological polar surface area (TPSA) is 32.3 Å². The van der Waals surface area contributed by atoms with Gasteiger partial charge in [0, 0.05) is 12.6 Å². The summed E-state index contributed by atoms with van der Waals surface area (Å²) < 4.78 is 51.5. The van der Waals surface area contributed by atoms with Gasteiger partial charge in [0.1, 0.15) is 5.82 Å². The molecule has 0 saturated heterocycles. The van der Waals surface area contributed by atoms with Crippen LogP contribution in [-0.2, 0) is 11.0 Å². The highest BCUT2D eigenvalue weighted by atomic mass is 19.4. The fourth-order valence-electron chi connectivity index (χ4n) is 2.56. The van der Waals surface area contributed by atoms with Gasteiger partial charge in [-0.3, -0.25) is 4.79 Å². The number of likely N-dealkylation sites (N-methyl/N-ethyl adjacent to an activating group) is 1. The molecule has 0 heterocycles. The molecule has 7 heteroatoms. The van der Waals surface area contributed by atoms with Gasteiger partial charge >= 0.3 is 6.18 Å². The Morgan fingerprint density at radius 3 is 2.48 bits per heavy atom. The first-order valence-corrected chi connectivity index (χ1v) is 8.22. The van der Waals surface area contributed by atoms with Crippen LogP contribution in [0.5, 0.6) is 0 Å². The van der Waals surface area contributed by atoms with E-state index in [0.717, 1.165) is 12.1 Å². The second-order valence-corrected chi connectivity index (χ2v) is 6.24. The molecule has 1 N–H and O–H groups in total. The Labute approximate surface area is 155 Å². The van der Waals surface area contributed by atoms with E-state index in [9.17, 15) is 22.4 Å². The Morgan fingerprint density at radius 1 is 1.15 bits per heavy atom. The maximum atomic E-state index is 13.4. The summed E-state index contributed by atoms with van der Waals surface area (Å²) in [6.45, 7) is 0.224. The van der Waals surface area contributed by atoms with Crippen molar-refractivity contribution in [3.05, 3.63) is 77.1 Å². The van der Waals surface area contributed by atoms with Gasteiger partial charge in [-0.15, -0.1) is 0 Å². The zero-order chi connectivity index (χ0) is 20.0. The van der Waals surface area contributed by atoms with Crippen LogP contribution in [0, 0.1) is 5.82 Å². The third kappa shape index (κ3) is 6.21. The predicted molar refractivity (Wildman–Crippen MR) is 96.3 cm³/mol. The van der Waals surface area contributed by atoms with Crippen LogP contribution in [0.2, 0.25) is 0 Å². The Kier molecular flexibility index (Phi) is 6.74.